The molecule has 4 rings (SSSR count). The molecule has 0 radical (unpaired) electrons. The highest BCUT2D eigenvalue weighted by atomic mass is 19.1. The largest absolute Gasteiger partial charge is 0.504 e. The first-order valence-corrected chi connectivity index (χ1v) is 9.94. The van der Waals surface area contributed by atoms with E-state index in [1.807, 2.05) is 0 Å². The second-order valence-corrected chi connectivity index (χ2v) is 7.13. The average Bonchev–Trinajstić information content (AvgIpc) is 2.81. The number of benzene rings is 4. The molecule has 0 aliphatic heterocycles. The predicted molar refractivity (Wildman–Crippen MR) is 122 cm³/mol. The first-order valence-electron chi connectivity index (χ1n) is 9.94. The monoisotopic (exact) mass is 446 g/mol. The van der Waals surface area contributed by atoms with Crippen LogP contribution >= 0.6 is 0 Å². The number of anilines is 2. The third kappa shape index (κ3) is 4.85. The number of para-hydroxylation sites is 1. The van der Waals surface area contributed by atoms with E-state index in [2.05, 4.69) is 10.6 Å². The van der Waals surface area contributed by atoms with Gasteiger partial charge >= 0.3 is 0 Å². The van der Waals surface area contributed by atoms with Crippen molar-refractivity contribution in [1.82, 2.24) is 0 Å². The van der Waals surface area contributed by atoms with Crippen molar-refractivity contribution in [3.63, 3.8) is 0 Å². The Labute approximate surface area is 188 Å². The van der Waals surface area contributed by atoms with E-state index in [0.29, 0.717) is 22.2 Å². The normalized spacial score (nSPS) is 10.6. The summed E-state index contributed by atoms with van der Waals surface area (Å²) in [4.78, 5) is 24.8. The van der Waals surface area contributed by atoms with Crippen LogP contribution in [-0.2, 0) is 4.79 Å². The fourth-order valence-corrected chi connectivity index (χ4v) is 3.29. The molecule has 7 nitrogen and oxygen atoms in total. The molecule has 0 aliphatic carbocycles. The van der Waals surface area contributed by atoms with Gasteiger partial charge in [0.25, 0.3) is 11.8 Å². The number of nitrogens with one attached hydrogen (secondary N) is 2. The van der Waals surface area contributed by atoms with Crippen molar-refractivity contribution in [3.8, 4) is 17.2 Å². The molecule has 0 aromatic heterocycles. The molecule has 8 heteroatoms. The van der Waals surface area contributed by atoms with Gasteiger partial charge < -0.3 is 25.6 Å². The van der Waals surface area contributed by atoms with Gasteiger partial charge in [0.2, 0.25) is 0 Å². The smallest absolute Gasteiger partial charge is 0.262 e. The summed E-state index contributed by atoms with van der Waals surface area (Å²) in [6.07, 6.45) is 0. The first-order chi connectivity index (χ1) is 15.9. The molecule has 0 spiro atoms. The fraction of sp³-hybridized carbons (Fsp3) is 0.0400. The third-order valence-corrected chi connectivity index (χ3v) is 4.87. The lowest BCUT2D eigenvalue weighted by Gasteiger charge is -2.14. The Morgan fingerprint density at radius 1 is 0.818 bits per heavy atom. The van der Waals surface area contributed by atoms with Gasteiger partial charge in [0.15, 0.2) is 18.1 Å². The van der Waals surface area contributed by atoms with Crippen LogP contribution < -0.4 is 15.4 Å². The molecule has 0 atom stereocenters. The van der Waals surface area contributed by atoms with E-state index < -0.39 is 23.4 Å². The molecule has 0 heterocycles. The number of carbonyl (C=O) groups is 2. The summed E-state index contributed by atoms with van der Waals surface area (Å²) in [6, 6.07) is 20.0. The van der Waals surface area contributed by atoms with Crippen LogP contribution in [-0.4, -0.2) is 28.6 Å². The zero-order valence-corrected chi connectivity index (χ0v) is 17.2. The highest BCUT2D eigenvalue weighted by Gasteiger charge is 2.14. The van der Waals surface area contributed by atoms with Gasteiger partial charge in [-0.1, -0.05) is 36.4 Å². The van der Waals surface area contributed by atoms with E-state index in [1.54, 1.807) is 36.4 Å². The van der Waals surface area contributed by atoms with Crippen molar-refractivity contribution in [2.45, 2.75) is 0 Å². The lowest BCUT2D eigenvalue weighted by atomic mass is 10.1. The van der Waals surface area contributed by atoms with E-state index in [4.69, 9.17) is 4.74 Å². The lowest BCUT2D eigenvalue weighted by molar-refractivity contribution is -0.118. The number of hydrogen-bond donors (Lipinski definition) is 4. The summed E-state index contributed by atoms with van der Waals surface area (Å²) in [5, 5.41) is 25.9. The number of phenolic OH excluding ortho intramolecular Hbond substituents is 2. The summed E-state index contributed by atoms with van der Waals surface area (Å²) in [5.74, 6) is -1.88. The molecule has 4 aromatic rings. The van der Waals surface area contributed by atoms with Crippen molar-refractivity contribution in [3.05, 3.63) is 90.2 Å². The van der Waals surface area contributed by atoms with Crippen LogP contribution in [0.2, 0.25) is 0 Å². The number of amides is 2. The molecule has 0 fully saturated rings. The Morgan fingerprint density at radius 2 is 1.58 bits per heavy atom. The zero-order chi connectivity index (χ0) is 23.4. The second-order valence-electron chi connectivity index (χ2n) is 7.13. The fourth-order valence-electron chi connectivity index (χ4n) is 3.29. The number of halogens is 1. The summed E-state index contributed by atoms with van der Waals surface area (Å²) in [7, 11) is 0. The van der Waals surface area contributed by atoms with E-state index in [1.165, 1.54) is 36.4 Å². The number of aromatic hydroxyl groups is 2. The molecule has 4 N–H and O–H groups in total. The maximum atomic E-state index is 13.4. The molecule has 0 aliphatic rings. The number of fused-ring (bicyclic) bond motifs is 1. The van der Waals surface area contributed by atoms with Crippen LogP contribution in [0.3, 0.4) is 0 Å². The van der Waals surface area contributed by atoms with Gasteiger partial charge in [-0.3, -0.25) is 9.59 Å². The molecule has 2 amide bonds. The summed E-state index contributed by atoms with van der Waals surface area (Å²) >= 11 is 0. The maximum Gasteiger partial charge on any atom is 0.262 e. The van der Waals surface area contributed by atoms with E-state index in [-0.39, 0.29) is 23.6 Å². The van der Waals surface area contributed by atoms with E-state index >= 15 is 0 Å². The zero-order valence-electron chi connectivity index (χ0n) is 17.2. The van der Waals surface area contributed by atoms with Crippen molar-refractivity contribution in [1.29, 1.82) is 0 Å². The Kier molecular flexibility index (Phi) is 6.08. The van der Waals surface area contributed by atoms with Crippen LogP contribution in [0.4, 0.5) is 15.8 Å². The number of rotatable bonds is 6. The number of ether oxygens (including phenoxy) is 1. The van der Waals surface area contributed by atoms with Gasteiger partial charge in [-0.15, -0.1) is 0 Å². The summed E-state index contributed by atoms with van der Waals surface area (Å²) < 4.78 is 19.1. The van der Waals surface area contributed by atoms with Crippen molar-refractivity contribution in [2.75, 3.05) is 17.2 Å². The van der Waals surface area contributed by atoms with Gasteiger partial charge in [0.05, 0.1) is 5.69 Å². The van der Waals surface area contributed by atoms with Gasteiger partial charge in [0, 0.05) is 22.0 Å². The predicted octanol–water partition coefficient (Wildman–Crippen LogP) is 4.66. The second kappa shape index (κ2) is 9.27. The van der Waals surface area contributed by atoms with Crippen LogP contribution in [0.5, 0.6) is 17.2 Å². The van der Waals surface area contributed by atoms with Gasteiger partial charge in [-0.05, 0) is 42.5 Å². The van der Waals surface area contributed by atoms with Crippen molar-refractivity contribution in [2.24, 2.45) is 0 Å². The lowest BCUT2D eigenvalue weighted by Crippen LogP contribution is -2.20. The summed E-state index contributed by atoms with van der Waals surface area (Å²) in [5.41, 5.74) is 0.747. The average molecular weight is 446 g/mol. The van der Waals surface area contributed by atoms with E-state index in [0.717, 1.165) is 6.07 Å². The SMILES string of the molecule is O=C(COc1ccc(NC(=O)c2cccc(F)c2)c2ccccc12)Nc1cccc(O)c1O. The van der Waals surface area contributed by atoms with Crippen LogP contribution in [0.25, 0.3) is 10.8 Å². The Bertz CT molecular complexity index is 1360. The minimum atomic E-state index is -0.538. The van der Waals surface area contributed by atoms with Crippen LogP contribution in [0.15, 0.2) is 78.9 Å². The third-order valence-electron chi connectivity index (χ3n) is 4.87. The molecule has 0 unspecified atom stereocenters. The van der Waals surface area contributed by atoms with Crippen LogP contribution in [0, 0.1) is 5.82 Å². The topological polar surface area (TPSA) is 108 Å². The molecule has 4 aromatic carbocycles. The highest BCUT2D eigenvalue weighted by molar-refractivity contribution is 6.10. The van der Waals surface area contributed by atoms with Crippen molar-refractivity contribution < 1.29 is 28.9 Å². The minimum Gasteiger partial charge on any atom is -0.504 e. The Hall–Kier alpha value is -4.59. The highest BCUT2D eigenvalue weighted by Crippen LogP contribution is 2.33. The quantitative estimate of drug-likeness (QED) is 0.322. The molecule has 0 saturated carbocycles. The molecule has 166 valence electrons. The summed E-state index contributed by atoms with van der Waals surface area (Å²) in [6.45, 7) is -0.353. The number of hydrogen-bond acceptors (Lipinski definition) is 5. The first kappa shape index (κ1) is 21.6. The number of carbonyl (C=O) groups excluding carboxylic acids is 2. The maximum absolute atomic E-state index is 13.4. The number of phenols is 2. The van der Waals surface area contributed by atoms with Gasteiger partial charge in [-0.25, -0.2) is 4.39 Å². The molecular formula is C25H19FN2O5. The molecule has 33 heavy (non-hydrogen) atoms. The minimum absolute atomic E-state index is 0.0591. The van der Waals surface area contributed by atoms with Gasteiger partial charge in [-0.2, -0.15) is 0 Å². The Balaban J connectivity index is 1.51. The van der Waals surface area contributed by atoms with Gasteiger partial charge in [0.1, 0.15) is 11.6 Å². The van der Waals surface area contributed by atoms with Crippen molar-refractivity contribution >= 4 is 34.0 Å². The molecule has 0 saturated heterocycles. The van der Waals surface area contributed by atoms with Crippen LogP contribution in [0.1, 0.15) is 10.4 Å². The van der Waals surface area contributed by atoms with E-state index in [9.17, 15) is 24.2 Å². The molecular weight excluding hydrogens is 427 g/mol. The molecule has 0 bridgehead atoms. The Morgan fingerprint density at radius 3 is 2.36 bits per heavy atom. The standard InChI is InChI=1S/C25H19FN2O5/c26-16-6-3-5-15(13-16)25(32)28-19-11-12-22(18-8-2-1-7-17(18)19)33-14-23(30)27-20-9-4-10-21(29)24(20)31/h1-13,29,31H,14H2,(H,27,30)(H,28,32).